The van der Waals surface area contributed by atoms with Gasteiger partial charge in [-0.15, -0.1) is 0 Å². The van der Waals surface area contributed by atoms with Crippen LogP contribution in [0, 0.1) is 0 Å². The van der Waals surface area contributed by atoms with Crippen LogP contribution < -0.4 is 10.6 Å². The lowest BCUT2D eigenvalue weighted by atomic mass is 10.1. The summed E-state index contributed by atoms with van der Waals surface area (Å²) < 4.78 is 10.3. The van der Waals surface area contributed by atoms with Gasteiger partial charge in [0.05, 0.1) is 18.5 Å². The molecule has 1 heterocycles. The van der Waals surface area contributed by atoms with E-state index < -0.39 is 0 Å². The zero-order chi connectivity index (χ0) is 18.4. The van der Waals surface area contributed by atoms with Gasteiger partial charge in [0.15, 0.2) is 5.76 Å². The number of carbonyl (C=O) groups excluding carboxylic acids is 2. The molecule has 7 nitrogen and oxygen atoms in total. The molecule has 0 aliphatic heterocycles. The Kier molecular flexibility index (Phi) is 5.60. The molecule has 7 heteroatoms. The molecule has 0 fully saturated rings. The SMILES string of the molecule is COCCNC(=O)CNC(=O)c1ccc2noc(-c3ccccc3)c2c1. The number of amides is 2. The molecule has 0 aliphatic rings. The predicted molar refractivity (Wildman–Crippen MR) is 96.7 cm³/mol. The van der Waals surface area contributed by atoms with Crippen LogP contribution in [0.4, 0.5) is 0 Å². The number of ether oxygens (including phenoxy) is 1. The highest BCUT2D eigenvalue weighted by Gasteiger charge is 2.14. The van der Waals surface area contributed by atoms with Gasteiger partial charge in [0.25, 0.3) is 5.91 Å². The Balaban J connectivity index is 1.72. The van der Waals surface area contributed by atoms with E-state index in [1.165, 1.54) is 0 Å². The highest BCUT2D eigenvalue weighted by atomic mass is 16.5. The van der Waals surface area contributed by atoms with E-state index in [4.69, 9.17) is 9.26 Å². The molecular formula is C19H19N3O4. The topological polar surface area (TPSA) is 93.5 Å². The van der Waals surface area contributed by atoms with Crippen molar-refractivity contribution in [3.05, 3.63) is 54.1 Å². The van der Waals surface area contributed by atoms with Gasteiger partial charge in [-0.3, -0.25) is 9.59 Å². The van der Waals surface area contributed by atoms with Crippen LogP contribution >= 0.6 is 0 Å². The summed E-state index contributed by atoms with van der Waals surface area (Å²) in [4.78, 5) is 24.0. The number of rotatable bonds is 7. The van der Waals surface area contributed by atoms with Crippen LogP contribution in [-0.2, 0) is 9.53 Å². The first-order valence-electron chi connectivity index (χ1n) is 8.17. The Morgan fingerprint density at radius 1 is 1.12 bits per heavy atom. The second-order valence-corrected chi connectivity index (χ2v) is 5.64. The van der Waals surface area contributed by atoms with Gasteiger partial charge in [-0.2, -0.15) is 0 Å². The molecule has 2 amide bonds. The van der Waals surface area contributed by atoms with Gasteiger partial charge >= 0.3 is 0 Å². The molecule has 0 unspecified atom stereocenters. The van der Waals surface area contributed by atoms with E-state index in [9.17, 15) is 9.59 Å². The van der Waals surface area contributed by atoms with Crippen LogP contribution in [0.15, 0.2) is 53.1 Å². The third-order valence-electron chi connectivity index (χ3n) is 3.81. The summed E-state index contributed by atoms with van der Waals surface area (Å²) in [5.74, 6) is -0.00649. The van der Waals surface area contributed by atoms with Crippen LogP contribution in [0.3, 0.4) is 0 Å². The van der Waals surface area contributed by atoms with Crippen molar-refractivity contribution >= 4 is 22.7 Å². The lowest BCUT2D eigenvalue weighted by Gasteiger charge is -2.06. The Hall–Kier alpha value is -3.19. The van der Waals surface area contributed by atoms with Crippen molar-refractivity contribution in [1.29, 1.82) is 0 Å². The van der Waals surface area contributed by atoms with E-state index in [0.29, 0.717) is 30.0 Å². The van der Waals surface area contributed by atoms with E-state index in [1.807, 2.05) is 30.3 Å². The average molecular weight is 353 g/mol. The third-order valence-corrected chi connectivity index (χ3v) is 3.81. The molecule has 1 aromatic heterocycles. The monoisotopic (exact) mass is 353 g/mol. The fourth-order valence-electron chi connectivity index (χ4n) is 2.50. The third kappa shape index (κ3) is 4.07. The average Bonchev–Trinajstić information content (AvgIpc) is 3.10. The molecule has 0 spiro atoms. The van der Waals surface area contributed by atoms with Gasteiger partial charge < -0.3 is 19.9 Å². The van der Waals surface area contributed by atoms with Gasteiger partial charge in [-0.05, 0) is 18.2 Å². The van der Waals surface area contributed by atoms with Crippen molar-refractivity contribution in [2.45, 2.75) is 0 Å². The lowest BCUT2D eigenvalue weighted by Crippen LogP contribution is -2.38. The fraction of sp³-hybridized carbons (Fsp3) is 0.211. The summed E-state index contributed by atoms with van der Waals surface area (Å²) in [5, 5.41) is 10.0. The molecule has 3 rings (SSSR count). The molecule has 0 aliphatic carbocycles. The zero-order valence-corrected chi connectivity index (χ0v) is 14.3. The van der Waals surface area contributed by atoms with Crippen molar-refractivity contribution < 1.29 is 18.8 Å². The Bertz CT molecular complexity index is 906. The molecular weight excluding hydrogens is 334 g/mol. The maximum Gasteiger partial charge on any atom is 0.251 e. The molecule has 0 radical (unpaired) electrons. The van der Waals surface area contributed by atoms with Gasteiger partial charge in [0.2, 0.25) is 5.91 Å². The van der Waals surface area contributed by atoms with Crippen LogP contribution in [0.5, 0.6) is 0 Å². The zero-order valence-electron chi connectivity index (χ0n) is 14.3. The molecule has 3 aromatic rings. The molecule has 0 atom stereocenters. The summed E-state index contributed by atoms with van der Waals surface area (Å²) >= 11 is 0. The second kappa shape index (κ2) is 8.26. The maximum atomic E-state index is 12.3. The van der Waals surface area contributed by atoms with E-state index in [1.54, 1.807) is 25.3 Å². The van der Waals surface area contributed by atoms with E-state index >= 15 is 0 Å². The minimum atomic E-state index is -0.339. The maximum absolute atomic E-state index is 12.3. The number of benzene rings is 2. The van der Waals surface area contributed by atoms with Crippen molar-refractivity contribution in [1.82, 2.24) is 15.8 Å². The number of nitrogens with one attached hydrogen (secondary N) is 2. The largest absolute Gasteiger partial charge is 0.383 e. The van der Waals surface area contributed by atoms with Gasteiger partial charge in [0, 0.05) is 24.8 Å². The van der Waals surface area contributed by atoms with Gasteiger partial charge in [-0.25, -0.2) is 0 Å². The highest BCUT2D eigenvalue weighted by molar-refractivity contribution is 6.01. The summed E-state index contributed by atoms with van der Waals surface area (Å²) in [6.07, 6.45) is 0. The first kappa shape index (κ1) is 17.6. The molecule has 0 bridgehead atoms. The Morgan fingerprint density at radius 2 is 1.92 bits per heavy atom. The Labute approximate surface area is 150 Å². The van der Waals surface area contributed by atoms with E-state index in [-0.39, 0.29) is 18.4 Å². The smallest absolute Gasteiger partial charge is 0.251 e. The minimum absolute atomic E-state index is 0.101. The summed E-state index contributed by atoms with van der Waals surface area (Å²) in [5.41, 5.74) is 1.98. The summed E-state index contributed by atoms with van der Waals surface area (Å²) in [6, 6.07) is 14.6. The molecule has 2 aromatic carbocycles. The highest BCUT2D eigenvalue weighted by Crippen LogP contribution is 2.29. The van der Waals surface area contributed by atoms with Crippen molar-refractivity contribution in [2.24, 2.45) is 0 Å². The predicted octanol–water partition coefficient (Wildman–Crippen LogP) is 1.99. The van der Waals surface area contributed by atoms with Gasteiger partial charge in [0.1, 0.15) is 5.52 Å². The molecule has 26 heavy (non-hydrogen) atoms. The number of nitrogens with zero attached hydrogens (tertiary/aromatic N) is 1. The standard InChI is InChI=1S/C19H19N3O4/c1-25-10-9-20-17(23)12-21-19(24)14-7-8-16-15(11-14)18(26-22-16)13-5-3-2-4-6-13/h2-8,11H,9-10,12H2,1H3,(H,20,23)(H,21,24). The Morgan fingerprint density at radius 3 is 2.69 bits per heavy atom. The van der Waals surface area contributed by atoms with E-state index in [2.05, 4.69) is 15.8 Å². The second-order valence-electron chi connectivity index (χ2n) is 5.64. The van der Waals surface area contributed by atoms with Crippen molar-refractivity contribution in [3.8, 4) is 11.3 Å². The number of hydrogen-bond acceptors (Lipinski definition) is 5. The lowest BCUT2D eigenvalue weighted by molar-refractivity contribution is -0.120. The van der Waals surface area contributed by atoms with Crippen molar-refractivity contribution in [2.75, 3.05) is 26.8 Å². The number of fused-ring (bicyclic) bond motifs is 1. The molecule has 2 N–H and O–H groups in total. The number of carbonyl (C=O) groups is 2. The molecule has 0 saturated heterocycles. The van der Waals surface area contributed by atoms with Crippen LogP contribution in [0.1, 0.15) is 10.4 Å². The van der Waals surface area contributed by atoms with Crippen LogP contribution in [0.25, 0.3) is 22.2 Å². The first-order valence-corrected chi connectivity index (χ1v) is 8.17. The van der Waals surface area contributed by atoms with Crippen LogP contribution in [-0.4, -0.2) is 43.8 Å². The summed E-state index contributed by atoms with van der Waals surface area (Å²) in [6.45, 7) is 0.722. The van der Waals surface area contributed by atoms with Crippen LogP contribution in [0.2, 0.25) is 0 Å². The number of hydrogen-bond donors (Lipinski definition) is 2. The quantitative estimate of drug-likeness (QED) is 0.634. The van der Waals surface area contributed by atoms with E-state index in [0.717, 1.165) is 10.9 Å². The van der Waals surface area contributed by atoms with Gasteiger partial charge in [-0.1, -0.05) is 35.5 Å². The molecule has 0 saturated carbocycles. The number of methoxy groups -OCH3 is 1. The molecule has 134 valence electrons. The van der Waals surface area contributed by atoms with Crippen molar-refractivity contribution in [3.63, 3.8) is 0 Å². The first-order chi connectivity index (χ1) is 12.7. The number of aromatic nitrogens is 1. The fourth-order valence-corrected chi connectivity index (χ4v) is 2.50. The normalized spacial score (nSPS) is 10.7. The minimum Gasteiger partial charge on any atom is -0.383 e. The summed E-state index contributed by atoms with van der Waals surface area (Å²) in [7, 11) is 1.55.